The number of sulfone groups is 1. The molecule has 0 radical (unpaired) electrons. The van der Waals surface area contributed by atoms with Crippen LogP contribution < -0.4 is 10.0 Å². The van der Waals surface area contributed by atoms with Crippen molar-refractivity contribution in [3.63, 3.8) is 0 Å². The molecule has 0 saturated heterocycles. The zero-order valence-corrected chi connectivity index (χ0v) is 20.2. The number of rotatable bonds is 7. The number of aromatic nitrogens is 2. The Kier molecular flexibility index (Phi) is 6.36. The zero-order valence-electron chi connectivity index (χ0n) is 18.6. The summed E-state index contributed by atoms with van der Waals surface area (Å²) in [7, 11) is -6.13. The van der Waals surface area contributed by atoms with Crippen LogP contribution in [0.5, 0.6) is 0 Å². The lowest BCUT2D eigenvalue weighted by molar-refractivity contribution is -0.144. The third kappa shape index (κ3) is 5.46. The summed E-state index contributed by atoms with van der Waals surface area (Å²) in [5, 5.41) is 3.00. The minimum absolute atomic E-state index is 0.00802. The normalized spacial score (nSPS) is 14.7. The molecule has 0 aliphatic heterocycles. The van der Waals surface area contributed by atoms with E-state index in [1.54, 1.807) is 6.07 Å². The van der Waals surface area contributed by atoms with E-state index < -0.39 is 31.9 Å². The second-order valence-corrected chi connectivity index (χ2v) is 12.0. The largest absolute Gasteiger partial charge is 0.451 e. The van der Waals surface area contributed by atoms with Crippen LogP contribution in [0, 0.1) is 0 Å². The van der Waals surface area contributed by atoms with Gasteiger partial charge >= 0.3 is 6.18 Å². The van der Waals surface area contributed by atoms with Crippen LogP contribution in [-0.2, 0) is 26.0 Å². The van der Waals surface area contributed by atoms with Crippen LogP contribution in [0.3, 0.4) is 0 Å². The lowest BCUT2D eigenvalue weighted by atomic mass is 9.99. The first-order chi connectivity index (χ1) is 16.3. The van der Waals surface area contributed by atoms with Crippen LogP contribution in [0.1, 0.15) is 18.7 Å². The third-order valence-corrected chi connectivity index (χ3v) is 7.88. The van der Waals surface area contributed by atoms with Gasteiger partial charge in [0.25, 0.3) is 0 Å². The van der Waals surface area contributed by atoms with E-state index in [4.69, 9.17) is 0 Å². The fourth-order valence-electron chi connectivity index (χ4n) is 3.39. The van der Waals surface area contributed by atoms with Crippen LogP contribution in [0.15, 0.2) is 58.3 Å². The van der Waals surface area contributed by atoms with E-state index in [1.807, 2.05) is 0 Å². The molecule has 186 valence electrons. The summed E-state index contributed by atoms with van der Waals surface area (Å²) in [6.07, 6.45) is -2.34. The van der Waals surface area contributed by atoms with Crippen molar-refractivity contribution in [2.45, 2.75) is 34.9 Å². The second-order valence-electron chi connectivity index (χ2n) is 8.07. The van der Waals surface area contributed by atoms with Gasteiger partial charge in [-0.15, -0.1) is 0 Å². The maximum Gasteiger partial charge on any atom is 0.451 e. The fraction of sp³-hybridized carbons (Fsp3) is 0.273. The first kappa shape index (κ1) is 25.1. The Hall–Kier alpha value is -3.03. The monoisotopic (exact) mass is 526 g/mol. The standard InChI is InChI=1S/C22H21F3N4O4S2/c1-26-35(32,33)17-5-3-4-14(12-17)18-19(13-6-10-16(11-7-13)34(2,30)31)28-21(22(23,24)25)29-20(18)27-15-8-9-15/h3-7,10-12,15,26H,8-9H2,1-2H3,(H,27,28,29). The van der Waals surface area contributed by atoms with Crippen LogP contribution in [-0.4, -0.2) is 46.1 Å². The number of hydrogen-bond donors (Lipinski definition) is 2. The molecule has 0 atom stereocenters. The summed E-state index contributed by atoms with van der Waals surface area (Å²) in [4.78, 5) is 7.44. The number of nitrogens with one attached hydrogen (secondary N) is 2. The molecule has 4 rings (SSSR count). The molecular formula is C22H21F3N4O4S2. The van der Waals surface area contributed by atoms with Gasteiger partial charge in [0.15, 0.2) is 9.84 Å². The molecule has 2 N–H and O–H groups in total. The average molecular weight is 527 g/mol. The summed E-state index contributed by atoms with van der Waals surface area (Å²) in [6, 6.07) is 10.9. The molecule has 13 heteroatoms. The molecule has 1 saturated carbocycles. The van der Waals surface area contributed by atoms with Crippen molar-refractivity contribution in [3.05, 3.63) is 54.4 Å². The van der Waals surface area contributed by atoms with Crippen molar-refractivity contribution in [1.82, 2.24) is 14.7 Å². The van der Waals surface area contributed by atoms with Gasteiger partial charge < -0.3 is 5.32 Å². The third-order valence-electron chi connectivity index (χ3n) is 5.34. The summed E-state index contributed by atoms with van der Waals surface area (Å²) < 4.78 is 91.8. The highest BCUT2D eigenvalue weighted by atomic mass is 32.2. The van der Waals surface area contributed by atoms with E-state index in [1.165, 1.54) is 49.5 Å². The van der Waals surface area contributed by atoms with E-state index in [2.05, 4.69) is 20.0 Å². The van der Waals surface area contributed by atoms with Gasteiger partial charge in [0, 0.05) is 17.9 Å². The Morgan fingerprint density at radius 1 is 0.914 bits per heavy atom. The van der Waals surface area contributed by atoms with Gasteiger partial charge in [-0.2, -0.15) is 13.2 Å². The molecule has 1 heterocycles. The average Bonchev–Trinajstić information content (AvgIpc) is 3.61. The van der Waals surface area contributed by atoms with Gasteiger partial charge in [-0.1, -0.05) is 24.3 Å². The highest BCUT2D eigenvalue weighted by Crippen LogP contribution is 2.41. The van der Waals surface area contributed by atoms with E-state index in [9.17, 15) is 30.0 Å². The highest BCUT2D eigenvalue weighted by molar-refractivity contribution is 7.90. The number of hydrogen-bond acceptors (Lipinski definition) is 7. The van der Waals surface area contributed by atoms with Gasteiger partial charge in [-0.05, 0) is 49.7 Å². The van der Waals surface area contributed by atoms with Crippen LogP contribution in [0.25, 0.3) is 22.4 Å². The number of alkyl halides is 3. The van der Waals surface area contributed by atoms with E-state index in [0.29, 0.717) is 0 Å². The lowest BCUT2D eigenvalue weighted by Gasteiger charge is -2.18. The molecule has 3 aromatic rings. The predicted molar refractivity (Wildman–Crippen MR) is 124 cm³/mol. The van der Waals surface area contributed by atoms with Crippen molar-refractivity contribution >= 4 is 25.7 Å². The van der Waals surface area contributed by atoms with Crippen molar-refractivity contribution < 1.29 is 30.0 Å². The van der Waals surface area contributed by atoms with Gasteiger partial charge in [0.2, 0.25) is 15.8 Å². The van der Waals surface area contributed by atoms with Gasteiger partial charge in [0.05, 0.1) is 21.0 Å². The Morgan fingerprint density at radius 3 is 2.11 bits per heavy atom. The van der Waals surface area contributed by atoms with Crippen molar-refractivity contribution in [1.29, 1.82) is 0 Å². The number of benzene rings is 2. The van der Waals surface area contributed by atoms with E-state index in [0.717, 1.165) is 19.1 Å². The maximum atomic E-state index is 13.7. The smallest absolute Gasteiger partial charge is 0.367 e. The van der Waals surface area contributed by atoms with Crippen molar-refractivity contribution in [2.75, 3.05) is 18.6 Å². The maximum absolute atomic E-state index is 13.7. The van der Waals surface area contributed by atoms with Crippen molar-refractivity contribution in [3.8, 4) is 22.4 Å². The molecular weight excluding hydrogens is 505 g/mol. The van der Waals surface area contributed by atoms with Crippen molar-refractivity contribution in [2.24, 2.45) is 0 Å². The molecule has 0 amide bonds. The quantitative estimate of drug-likeness (QED) is 0.482. The summed E-state index contributed by atoms with van der Waals surface area (Å²) in [5.41, 5.74) is 0.543. The van der Waals surface area contributed by atoms with Gasteiger partial charge in [-0.25, -0.2) is 31.5 Å². The number of halogens is 3. The minimum atomic E-state index is -4.85. The summed E-state index contributed by atoms with van der Waals surface area (Å²) >= 11 is 0. The number of sulfonamides is 1. The highest BCUT2D eigenvalue weighted by Gasteiger charge is 2.37. The lowest BCUT2D eigenvalue weighted by Crippen LogP contribution is -2.18. The number of nitrogens with zero attached hydrogens (tertiary/aromatic N) is 2. The second kappa shape index (κ2) is 8.88. The molecule has 8 nitrogen and oxygen atoms in total. The topological polar surface area (TPSA) is 118 Å². The van der Waals surface area contributed by atoms with Gasteiger partial charge in [-0.3, -0.25) is 0 Å². The number of anilines is 1. The van der Waals surface area contributed by atoms with E-state index in [-0.39, 0.29) is 44.0 Å². The predicted octanol–water partition coefficient (Wildman–Crippen LogP) is 3.72. The first-order valence-corrected chi connectivity index (χ1v) is 13.8. The molecule has 35 heavy (non-hydrogen) atoms. The molecule has 2 aromatic carbocycles. The molecule has 1 aliphatic carbocycles. The molecule has 1 aromatic heterocycles. The SMILES string of the molecule is CNS(=O)(=O)c1cccc(-c2c(NC3CC3)nc(C(F)(F)F)nc2-c2ccc(S(C)(=O)=O)cc2)c1. The summed E-state index contributed by atoms with van der Waals surface area (Å²) in [6.45, 7) is 0. The zero-order chi connectivity index (χ0) is 25.6. The molecule has 1 aliphatic rings. The Balaban J connectivity index is 2.01. The fourth-order valence-corrected chi connectivity index (χ4v) is 4.80. The Bertz CT molecular complexity index is 1490. The molecule has 1 fully saturated rings. The van der Waals surface area contributed by atoms with Crippen LogP contribution in [0.2, 0.25) is 0 Å². The minimum Gasteiger partial charge on any atom is -0.367 e. The molecule has 0 bridgehead atoms. The van der Waals surface area contributed by atoms with Gasteiger partial charge in [0.1, 0.15) is 5.82 Å². The molecule has 0 unspecified atom stereocenters. The van der Waals surface area contributed by atoms with Crippen LogP contribution in [0.4, 0.5) is 19.0 Å². The Morgan fingerprint density at radius 2 is 1.57 bits per heavy atom. The van der Waals surface area contributed by atoms with E-state index >= 15 is 0 Å². The first-order valence-electron chi connectivity index (χ1n) is 10.4. The molecule has 0 spiro atoms. The summed E-state index contributed by atoms with van der Waals surface area (Å²) in [5.74, 6) is -1.46. The van der Waals surface area contributed by atoms with Crippen LogP contribution >= 0.6 is 0 Å². The Labute approximate surface area is 200 Å².